The topological polar surface area (TPSA) is 50.4 Å². The number of benzene rings is 1. The van der Waals surface area contributed by atoms with Crippen LogP contribution in [0.25, 0.3) is 0 Å². The molecular weight excluding hydrogens is 276 g/mol. The van der Waals surface area contributed by atoms with Crippen LogP contribution in [0.3, 0.4) is 0 Å². The summed E-state index contributed by atoms with van der Waals surface area (Å²) >= 11 is 6.09. The summed E-state index contributed by atoms with van der Waals surface area (Å²) in [5.74, 6) is 0.713. The molecule has 0 heterocycles. The number of hydrogen-bond acceptors (Lipinski definition) is 2. The van der Waals surface area contributed by atoms with E-state index in [2.05, 4.69) is 10.6 Å². The molecule has 4 nitrogen and oxygen atoms in total. The van der Waals surface area contributed by atoms with Crippen LogP contribution in [0.15, 0.2) is 12.1 Å². The van der Waals surface area contributed by atoms with Gasteiger partial charge in [-0.2, -0.15) is 0 Å². The van der Waals surface area contributed by atoms with E-state index in [9.17, 15) is 4.79 Å². The van der Waals surface area contributed by atoms with E-state index in [1.165, 1.54) is 12.8 Å². The van der Waals surface area contributed by atoms with Crippen LogP contribution in [0.4, 0.5) is 4.79 Å². The van der Waals surface area contributed by atoms with Gasteiger partial charge in [-0.15, -0.1) is 0 Å². The molecule has 0 bridgehead atoms. The highest BCUT2D eigenvalue weighted by molar-refractivity contribution is 6.32. The lowest BCUT2D eigenvalue weighted by Crippen LogP contribution is -2.42. The van der Waals surface area contributed by atoms with Gasteiger partial charge in [0, 0.05) is 11.1 Å². The fourth-order valence-electron chi connectivity index (χ4n) is 2.48. The maximum absolute atomic E-state index is 11.7. The predicted molar refractivity (Wildman–Crippen MR) is 80.3 cm³/mol. The summed E-state index contributed by atoms with van der Waals surface area (Å²) in [4.78, 5) is 11.7. The Kier molecular flexibility index (Phi) is 5.12. The Balaban J connectivity index is 1.76. The van der Waals surface area contributed by atoms with Crippen molar-refractivity contribution in [1.82, 2.24) is 10.6 Å². The van der Waals surface area contributed by atoms with E-state index < -0.39 is 0 Å². The van der Waals surface area contributed by atoms with Crippen molar-refractivity contribution in [2.45, 2.75) is 45.6 Å². The van der Waals surface area contributed by atoms with Gasteiger partial charge in [0.1, 0.15) is 5.75 Å². The third-order valence-electron chi connectivity index (χ3n) is 3.57. The van der Waals surface area contributed by atoms with Gasteiger partial charge in [-0.05, 0) is 49.9 Å². The number of ether oxygens (including phenoxy) is 1. The Hall–Kier alpha value is -1.42. The quantitative estimate of drug-likeness (QED) is 0.835. The fourth-order valence-corrected chi connectivity index (χ4v) is 2.59. The average molecular weight is 297 g/mol. The second-order valence-electron chi connectivity index (χ2n) is 5.29. The third-order valence-corrected chi connectivity index (χ3v) is 4.17. The molecular formula is C15H21ClN2O2. The molecule has 5 heteroatoms. The minimum absolute atomic E-state index is 0.152. The molecule has 0 unspecified atom stereocenters. The Morgan fingerprint density at radius 3 is 2.50 bits per heavy atom. The van der Waals surface area contributed by atoms with Crippen LogP contribution >= 0.6 is 11.6 Å². The second kappa shape index (κ2) is 6.84. The largest absolute Gasteiger partial charge is 0.473 e. The summed E-state index contributed by atoms with van der Waals surface area (Å²) in [5.41, 5.74) is 1.94. The normalized spacial score (nSPS) is 15.2. The smallest absolute Gasteiger partial charge is 0.317 e. The lowest BCUT2D eigenvalue weighted by atomic mass is 10.1. The van der Waals surface area contributed by atoms with E-state index in [1.54, 1.807) is 0 Å². The number of carbonyl (C=O) groups excluding carboxylic acids is 1. The summed E-state index contributed by atoms with van der Waals surface area (Å²) in [6.07, 6.45) is 4.54. The molecule has 2 rings (SSSR count). The van der Waals surface area contributed by atoms with Crippen molar-refractivity contribution in [3.8, 4) is 5.75 Å². The Morgan fingerprint density at radius 2 is 1.90 bits per heavy atom. The van der Waals surface area contributed by atoms with Crippen LogP contribution in [0.2, 0.25) is 5.02 Å². The van der Waals surface area contributed by atoms with Crippen molar-refractivity contribution in [3.05, 3.63) is 28.3 Å². The molecule has 0 aromatic heterocycles. The fraction of sp³-hybridized carbons (Fsp3) is 0.533. The van der Waals surface area contributed by atoms with Crippen LogP contribution in [-0.2, 0) is 0 Å². The van der Waals surface area contributed by atoms with Gasteiger partial charge in [0.2, 0.25) is 0 Å². The molecule has 0 aliphatic heterocycles. The Labute approximate surface area is 124 Å². The monoisotopic (exact) mass is 296 g/mol. The van der Waals surface area contributed by atoms with E-state index in [0.29, 0.717) is 11.8 Å². The van der Waals surface area contributed by atoms with Gasteiger partial charge < -0.3 is 15.4 Å². The minimum atomic E-state index is -0.167. The van der Waals surface area contributed by atoms with Gasteiger partial charge in [-0.25, -0.2) is 4.79 Å². The maximum atomic E-state index is 11.7. The number of nitrogens with one attached hydrogen (secondary N) is 2. The first-order valence-corrected chi connectivity index (χ1v) is 7.38. The molecule has 1 saturated carbocycles. The van der Waals surface area contributed by atoms with Gasteiger partial charge in [0.15, 0.2) is 6.73 Å². The molecule has 1 aliphatic carbocycles. The molecule has 1 aromatic rings. The molecule has 1 aliphatic rings. The van der Waals surface area contributed by atoms with Gasteiger partial charge in [-0.1, -0.05) is 24.4 Å². The maximum Gasteiger partial charge on any atom is 0.317 e. The van der Waals surface area contributed by atoms with Crippen molar-refractivity contribution in [3.63, 3.8) is 0 Å². The van der Waals surface area contributed by atoms with E-state index >= 15 is 0 Å². The Bertz CT molecular complexity index is 462. The molecule has 0 atom stereocenters. The van der Waals surface area contributed by atoms with Gasteiger partial charge in [-0.3, -0.25) is 0 Å². The van der Waals surface area contributed by atoms with Gasteiger partial charge >= 0.3 is 6.03 Å². The molecule has 1 aromatic carbocycles. The van der Waals surface area contributed by atoms with E-state index in [1.807, 2.05) is 26.0 Å². The zero-order chi connectivity index (χ0) is 14.5. The molecule has 1 fully saturated rings. The first-order valence-electron chi connectivity index (χ1n) is 7.00. The number of carbonyl (C=O) groups is 1. The first kappa shape index (κ1) is 15.0. The SMILES string of the molecule is Cc1cc(OCNC(=O)NC2CCCC2)cc(C)c1Cl. The van der Waals surface area contributed by atoms with Crippen molar-refractivity contribution < 1.29 is 9.53 Å². The summed E-state index contributed by atoms with van der Waals surface area (Å²) in [6.45, 7) is 4.02. The third kappa shape index (κ3) is 4.04. The van der Waals surface area contributed by atoms with E-state index in [-0.39, 0.29) is 12.8 Å². The predicted octanol–water partition coefficient (Wildman–Crippen LogP) is 3.53. The minimum Gasteiger partial charge on any atom is -0.473 e. The highest BCUT2D eigenvalue weighted by Crippen LogP contribution is 2.25. The number of aryl methyl sites for hydroxylation is 2. The average Bonchev–Trinajstić information content (AvgIpc) is 2.88. The van der Waals surface area contributed by atoms with Crippen LogP contribution in [-0.4, -0.2) is 18.8 Å². The van der Waals surface area contributed by atoms with Gasteiger partial charge in [0.25, 0.3) is 0 Å². The molecule has 0 saturated heterocycles. The highest BCUT2D eigenvalue weighted by atomic mass is 35.5. The number of urea groups is 1. The molecule has 0 spiro atoms. The van der Waals surface area contributed by atoms with Crippen LogP contribution in [0.5, 0.6) is 5.75 Å². The molecule has 2 amide bonds. The number of amides is 2. The Morgan fingerprint density at radius 1 is 1.30 bits per heavy atom. The summed E-state index contributed by atoms with van der Waals surface area (Å²) in [7, 11) is 0. The van der Waals surface area contributed by atoms with Crippen molar-refractivity contribution in [2.75, 3.05) is 6.73 Å². The molecule has 20 heavy (non-hydrogen) atoms. The second-order valence-corrected chi connectivity index (χ2v) is 5.67. The number of rotatable bonds is 4. The standard InChI is InChI=1S/C15H21ClN2O2/c1-10-7-13(8-11(2)14(10)16)20-9-17-15(19)18-12-5-3-4-6-12/h7-8,12H,3-6,9H2,1-2H3,(H2,17,18,19). The summed E-state index contributed by atoms with van der Waals surface area (Å²) in [6, 6.07) is 3.88. The van der Waals surface area contributed by atoms with Crippen molar-refractivity contribution in [1.29, 1.82) is 0 Å². The van der Waals surface area contributed by atoms with E-state index in [0.717, 1.165) is 29.0 Å². The zero-order valence-electron chi connectivity index (χ0n) is 12.0. The van der Waals surface area contributed by atoms with Crippen molar-refractivity contribution >= 4 is 17.6 Å². The molecule has 0 radical (unpaired) electrons. The summed E-state index contributed by atoms with van der Waals surface area (Å²) < 4.78 is 5.53. The van der Waals surface area contributed by atoms with Crippen LogP contribution in [0, 0.1) is 13.8 Å². The zero-order valence-corrected chi connectivity index (χ0v) is 12.7. The molecule has 2 N–H and O–H groups in total. The number of halogens is 1. The molecule has 110 valence electrons. The highest BCUT2D eigenvalue weighted by Gasteiger charge is 2.16. The number of hydrogen-bond donors (Lipinski definition) is 2. The van der Waals surface area contributed by atoms with Gasteiger partial charge in [0.05, 0.1) is 0 Å². The van der Waals surface area contributed by atoms with Crippen molar-refractivity contribution in [2.24, 2.45) is 0 Å². The first-order chi connectivity index (χ1) is 9.56. The van der Waals surface area contributed by atoms with Crippen LogP contribution < -0.4 is 15.4 Å². The lowest BCUT2D eigenvalue weighted by Gasteiger charge is -2.14. The summed E-state index contributed by atoms with van der Waals surface area (Å²) in [5, 5.41) is 6.41. The van der Waals surface area contributed by atoms with E-state index in [4.69, 9.17) is 16.3 Å². The van der Waals surface area contributed by atoms with Crippen LogP contribution in [0.1, 0.15) is 36.8 Å². The lowest BCUT2D eigenvalue weighted by molar-refractivity contribution is 0.220.